The van der Waals surface area contributed by atoms with E-state index in [1.165, 1.54) is 6.42 Å². The van der Waals surface area contributed by atoms with Crippen LogP contribution in [0, 0.1) is 0 Å². The van der Waals surface area contributed by atoms with Gasteiger partial charge in [0.05, 0.1) is 5.39 Å². The van der Waals surface area contributed by atoms with Crippen molar-refractivity contribution in [3.05, 3.63) is 22.9 Å². The van der Waals surface area contributed by atoms with Crippen molar-refractivity contribution in [1.29, 1.82) is 0 Å². The van der Waals surface area contributed by atoms with E-state index in [0.29, 0.717) is 0 Å². The zero-order valence-electron chi connectivity index (χ0n) is 8.77. The van der Waals surface area contributed by atoms with E-state index in [9.17, 15) is 0 Å². The molecule has 16 heavy (non-hydrogen) atoms. The highest BCUT2D eigenvalue weighted by molar-refractivity contribution is 9.10. The van der Waals surface area contributed by atoms with Crippen LogP contribution in [-0.4, -0.2) is 21.4 Å². The van der Waals surface area contributed by atoms with Crippen LogP contribution in [0.15, 0.2) is 22.9 Å². The van der Waals surface area contributed by atoms with Crippen LogP contribution in [-0.2, 0) is 4.74 Å². The van der Waals surface area contributed by atoms with Gasteiger partial charge in [-0.1, -0.05) is 0 Å². The molecular formula is C11H12BrN3O. The van der Waals surface area contributed by atoms with Crippen molar-refractivity contribution in [2.75, 3.05) is 6.61 Å². The van der Waals surface area contributed by atoms with Gasteiger partial charge in [0.25, 0.3) is 0 Å². The lowest BCUT2D eigenvalue weighted by atomic mass is 10.2. The summed E-state index contributed by atoms with van der Waals surface area (Å²) < 4.78 is 8.45. The van der Waals surface area contributed by atoms with Crippen molar-refractivity contribution in [3.63, 3.8) is 0 Å². The van der Waals surface area contributed by atoms with E-state index in [0.717, 1.165) is 35.1 Å². The summed E-state index contributed by atoms with van der Waals surface area (Å²) in [6.45, 7) is 0.816. The van der Waals surface area contributed by atoms with Crippen molar-refractivity contribution < 1.29 is 4.74 Å². The molecule has 4 nitrogen and oxygen atoms in total. The largest absolute Gasteiger partial charge is 0.356 e. The van der Waals surface area contributed by atoms with Crippen LogP contribution in [0.5, 0.6) is 0 Å². The summed E-state index contributed by atoms with van der Waals surface area (Å²) >= 11 is 3.46. The quantitative estimate of drug-likeness (QED) is 0.807. The Bertz CT molecular complexity index is 505. The van der Waals surface area contributed by atoms with E-state index >= 15 is 0 Å². The van der Waals surface area contributed by atoms with Gasteiger partial charge in [-0.2, -0.15) is 5.10 Å². The van der Waals surface area contributed by atoms with E-state index in [-0.39, 0.29) is 6.23 Å². The first-order valence-corrected chi connectivity index (χ1v) is 6.26. The molecule has 1 aliphatic rings. The first kappa shape index (κ1) is 10.2. The summed E-state index contributed by atoms with van der Waals surface area (Å²) in [6, 6.07) is 3.93. The molecular weight excluding hydrogens is 270 g/mol. The second kappa shape index (κ2) is 4.14. The summed E-state index contributed by atoms with van der Waals surface area (Å²) in [5.74, 6) is 0. The maximum absolute atomic E-state index is 5.73. The number of hydrogen-bond acceptors (Lipinski definition) is 3. The van der Waals surface area contributed by atoms with Crippen LogP contribution in [0.1, 0.15) is 25.5 Å². The molecule has 1 aliphatic heterocycles. The Hall–Kier alpha value is -0.940. The maximum atomic E-state index is 5.73. The monoisotopic (exact) mass is 281 g/mol. The average molecular weight is 282 g/mol. The lowest BCUT2D eigenvalue weighted by Crippen LogP contribution is -2.19. The number of rotatable bonds is 1. The molecule has 0 saturated carbocycles. The van der Waals surface area contributed by atoms with Gasteiger partial charge in [0, 0.05) is 12.8 Å². The van der Waals surface area contributed by atoms with Crippen LogP contribution < -0.4 is 0 Å². The third kappa shape index (κ3) is 1.64. The number of nitrogens with zero attached hydrogens (tertiary/aromatic N) is 3. The molecule has 0 aliphatic carbocycles. The lowest BCUT2D eigenvalue weighted by molar-refractivity contribution is -0.0371. The van der Waals surface area contributed by atoms with Crippen LogP contribution >= 0.6 is 15.9 Å². The van der Waals surface area contributed by atoms with Crippen LogP contribution in [0.3, 0.4) is 0 Å². The second-order valence-corrected chi connectivity index (χ2v) is 4.68. The minimum Gasteiger partial charge on any atom is -0.356 e. The first-order chi connectivity index (χ1) is 7.86. The molecule has 0 N–H and O–H groups in total. The molecule has 0 unspecified atom stereocenters. The summed E-state index contributed by atoms with van der Waals surface area (Å²) in [4.78, 5) is 4.37. The fraction of sp³-hybridized carbons (Fsp3) is 0.455. The molecule has 5 heteroatoms. The van der Waals surface area contributed by atoms with Crippen molar-refractivity contribution in [2.45, 2.75) is 25.5 Å². The number of halogens is 1. The minimum atomic E-state index is 0.0393. The van der Waals surface area contributed by atoms with E-state index in [2.05, 4.69) is 26.0 Å². The Balaban J connectivity index is 2.08. The maximum Gasteiger partial charge on any atom is 0.161 e. The van der Waals surface area contributed by atoms with Gasteiger partial charge >= 0.3 is 0 Å². The molecule has 3 rings (SSSR count). The number of aromatic nitrogens is 3. The standard InChI is InChI=1S/C11H12BrN3O/c12-10-8-4-3-6-13-11(8)15(14-10)9-5-1-2-7-16-9/h3-4,6,9H,1-2,5,7H2/t9-/m1/s1. The summed E-state index contributed by atoms with van der Waals surface area (Å²) in [6.07, 6.45) is 5.17. The molecule has 0 bridgehead atoms. The summed E-state index contributed by atoms with van der Waals surface area (Å²) in [5.41, 5.74) is 0.890. The van der Waals surface area contributed by atoms with Gasteiger partial charge in [-0.15, -0.1) is 0 Å². The molecule has 1 atom stereocenters. The van der Waals surface area contributed by atoms with Crippen molar-refractivity contribution in [1.82, 2.24) is 14.8 Å². The Morgan fingerprint density at radius 2 is 2.38 bits per heavy atom. The molecule has 3 heterocycles. The topological polar surface area (TPSA) is 39.9 Å². The van der Waals surface area contributed by atoms with Crippen molar-refractivity contribution in [3.8, 4) is 0 Å². The Morgan fingerprint density at radius 1 is 1.44 bits per heavy atom. The minimum absolute atomic E-state index is 0.0393. The zero-order chi connectivity index (χ0) is 11.0. The molecule has 0 spiro atoms. The van der Waals surface area contributed by atoms with Gasteiger partial charge < -0.3 is 4.74 Å². The molecule has 0 amide bonds. The number of pyridine rings is 1. The van der Waals surface area contributed by atoms with Crippen LogP contribution in [0.25, 0.3) is 11.0 Å². The van der Waals surface area contributed by atoms with Crippen LogP contribution in [0.2, 0.25) is 0 Å². The van der Waals surface area contributed by atoms with Gasteiger partial charge in [0.1, 0.15) is 4.60 Å². The average Bonchev–Trinajstić information content (AvgIpc) is 2.69. The predicted molar refractivity (Wildman–Crippen MR) is 64.1 cm³/mol. The van der Waals surface area contributed by atoms with Gasteiger partial charge in [-0.05, 0) is 47.3 Å². The van der Waals surface area contributed by atoms with Gasteiger partial charge in [-0.25, -0.2) is 9.67 Å². The predicted octanol–water partition coefficient (Wildman–Crippen LogP) is 2.89. The normalized spacial score (nSPS) is 21.4. The smallest absolute Gasteiger partial charge is 0.161 e. The molecule has 2 aromatic heterocycles. The highest BCUT2D eigenvalue weighted by Crippen LogP contribution is 2.28. The highest BCUT2D eigenvalue weighted by atomic mass is 79.9. The molecule has 0 aromatic carbocycles. The van der Waals surface area contributed by atoms with Crippen molar-refractivity contribution >= 4 is 27.0 Å². The fourth-order valence-electron chi connectivity index (χ4n) is 2.05. The number of hydrogen-bond donors (Lipinski definition) is 0. The van der Waals surface area contributed by atoms with Gasteiger partial charge in [0.15, 0.2) is 11.9 Å². The molecule has 1 fully saturated rings. The Labute approximate surface area is 102 Å². The fourth-order valence-corrected chi connectivity index (χ4v) is 2.53. The van der Waals surface area contributed by atoms with Crippen molar-refractivity contribution in [2.24, 2.45) is 0 Å². The third-order valence-electron chi connectivity index (χ3n) is 2.85. The highest BCUT2D eigenvalue weighted by Gasteiger charge is 2.20. The molecule has 0 radical (unpaired) electrons. The van der Waals surface area contributed by atoms with E-state index in [1.807, 2.05) is 16.8 Å². The van der Waals surface area contributed by atoms with Gasteiger partial charge in [-0.3, -0.25) is 0 Å². The second-order valence-electron chi connectivity index (χ2n) is 3.93. The summed E-state index contributed by atoms with van der Waals surface area (Å²) in [7, 11) is 0. The number of ether oxygens (including phenoxy) is 1. The lowest BCUT2D eigenvalue weighted by Gasteiger charge is -2.22. The summed E-state index contributed by atoms with van der Waals surface area (Å²) in [5, 5.41) is 5.50. The first-order valence-electron chi connectivity index (χ1n) is 5.46. The molecule has 2 aromatic rings. The van der Waals surface area contributed by atoms with Gasteiger partial charge in [0.2, 0.25) is 0 Å². The van der Waals surface area contributed by atoms with E-state index in [4.69, 9.17) is 4.74 Å². The van der Waals surface area contributed by atoms with E-state index in [1.54, 1.807) is 6.20 Å². The van der Waals surface area contributed by atoms with E-state index < -0.39 is 0 Å². The third-order valence-corrected chi connectivity index (χ3v) is 3.44. The number of fused-ring (bicyclic) bond motifs is 1. The Morgan fingerprint density at radius 3 is 3.19 bits per heavy atom. The molecule has 84 valence electrons. The SMILES string of the molecule is Brc1nn([C@H]2CCCCO2)c2ncccc12. The zero-order valence-corrected chi connectivity index (χ0v) is 10.4. The Kier molecular flexibility index (Phi) is 2.65. The molecule has 1 saturated heterocycles. The van der Waals surface area contributed by atoms with Crippen LogP contribution in [0.4, 0.5) is 0 Å².